The first kappa shape index (κ1) is 17.4. The molecule has 0 aliphatic rings. The third kappa shape index (κ3) is 3.38. The number of rotatable bonds is 4. The fourth-order valence-electron chi connectivity index (χ4n) is 2.57. The van der Waals surface area contributed by atoms with E-state index in [4.69, 9.17) is 0 Å². The molecule has 0 aliphatic carbocycles. The molecule has 3 rings (SSSR count). The Labute approximate surface area is 153 Å². The first-order valence-electron chi connectivity index (χ1n) is 7.70. The van der Waals surface area contributed by atoms with Gasteiger partial charge in [0.25, 0.3) is 0 Å². The molecule has 3 aromatic rings. The van der Waals surface area contributed by atoms with E-state index in [-0.39, 0.29) is 11.6 Å². The summed E-state index contributed by atoms with van der Waals surface area (Å²) in [4.78, 5) is 34.6. The predicted molar refractivity (Wildman–Crippen MR) is 100 cm³/mol. The maximum atomic E-state index is 12.0. The number of hydrogen-bond acceptors (Lipinski definition) is 6. The number of thiazole rings is 2. The van der Waals surface area contributed by atoms with E-state index < -0.39 is 0 Å². The van der Waals surface area contributed by atoms with E-state index in [2.05, 4.69) is 9.98 Å². The minimum Gasteiger partial charge on any atom is -0.294 e. The zero-order valence-electron chi connectivity index (χ0n) is 14.4. The van der Waals surface area contributed by atoms with Crippen molar-refractivity contribution in [1.29, 1.82) is 0 Å². The Balaban J connectivity index is 2.25. The molecule has 0 unspecified atom stereocenters. The first-order chi connectivity index (χ1) is 11.9. The lowest BCUT2D eigenvalue weighted by Gasteiger charge is -2.05. The van der Waals surface area contributed by atoms with Crippen molar-refractivity contribution in [1.82, 2.24) is 9.55 Å². The number of hydrogen-bond donors (Lipinski definition) is 0. The number of para-hydroxylation sites is 1. The number of carbonyl (C=O) groups is 2. The van der Waals surface area contributed by atoms with Crippen LogP contribution >= 0.6 is 22.7 Å². The largest absolute Gasteiger partial charge is 0.294 e. The topological polar surface area (TPSA) is 64.3 Å². The second-order valence-corrected chi connectivity index (χ2v) is 7.56. The third-order valence-corrected chi connectivity index (χ3v) is 6.07. The van der Waals surface area contributed by atoms with Gasteiger partial charge in [-0.05, 0) is 26.0 Å². The summed E-state index contributed by atoms with van der Waals surface area (Å²) in [7, 11) is 0. The van der Waals surface area contributed by atoms with Gasteiger partial charge < -0.3 is 0 Å². The number of carbonyl (C=O) groups excluding carboxylic acids is 2. The summed E-state index contributed by atoms with van der Waals surface area (Å²) >= 11 is 2.61. The summed E-state index contributed by atoms with van der Waals surface area (Å²) < 4.78 is 1.95. The highest BCUT2D eigenvalue weighted by Gasteiger charge is 2.16. The highest BCUT2D eigenvalue weighted by molar-refractivity contribution is 7.17. The van der Waals surface area contributed by atoms with Crippen molar-refractivity contribution >= 4 is 39.4 Å². The van der Waals surface area contributed by atoms with Gasteiger partial charge in [0.1, 0.15) is 0 Å². The molecule has 0 saturated heterocycles. The molecule has 0 N–H and O–H groups in total. The summed E-state index contributed by atoms with van der Waals surface area (Å²) in [6.45, 7) is 6.79. The van der Waals surface area contributed by atoms with Crippen LogP contribution < -0.4 is 4.80 Å². The minimum absolute atomic E-state index is 0.00776. The number of ketones is 2. The van der Waals surface area contributed by atoms with Gasteiger partial charge in [0.05, 0.1) is 15.4 Å². The monoisotopic (exact) mass is 371 g/mol. The molecule has 1 aromatic carbocycles. The molecule has 0 fully saturated rings. The van der Waals surface area contributed by atoms with E-state index in [0.29, 0.717) is 25.4 Å². The highest BCUT2D eigenvalue weighted by atomic mass is 32.1. The Hall–Kier alpha value is -2.38. The molecule has 0 saturated carbocycles. The predicted octanol–water partition coefficient (Wildman–Crippen LogP) is 4.25. The molecule has 5 nitrogen and oxygen atoms in total. The van der Waals surface area contributed by atoms with Crippen LogP contribution in [0.4, 0.5) is 5.13 Å². The van der Waals surface area contributed by atoms with E-state index in [1.807, 2.05) is 41.8 Å². The maximum absolute atomic E-state index is 12.0. The Morgan fingerprint density at radius 3 is 2.20 bits per heavy atom. The number of nitrogens with zero attached hydrogens (tertiary/aromatic N) is 3. The fourth-order valence-corrected chi connectivity index (χ4v) is 4.50. The van der Waals surface area contributed by atoms with Crippen LogP contribution in [-0.4, -0.2) is 21.1 Å². The van der Waals surface area contributed by atoms with Gasteiger partial charge in [-0.25, -0.2) is 4.98 Å². The van der Waals surface area contributed by atoms with Gasteiger partial charge in [0.2, 0.25) is 5.13 Å². The van der Waals surface area contributed by atoms with Crippen molar-refractivity contribution in [3.8, 4) is 5.69 Å². The number of Topliss-reactive ketones (excluding diaryl/α,β-unsaturated/α-hetero) is 2. The first-order valence-corrected chi connectivity index (χ1v) is 9.33. The smallest absolute Gasteiger partial charge is 0.212 e. The van der Waals surface area contributed by atoms with Crippen LogP contribution in [0.25, 0.3) is 5.69 Å². The normalized spacial score (nSPS) is 11.8. The number of benzene rings is 1. The Kier molecular flexibility index (Phi) is 4.78. The van der Waals surface area contributed by atoms with Crippen LogP contribution in [0.15, 0.2) is 35.3 Å². The van der Waals surface area contributed by atoms with E-state index in [9.17, 15) is 9.59 Å². The van der Waals surface area contributed by atoms with Crippen molar-refractivity contribution in [2.45, 2.75) is 27.7 Å². The highest BCUT2D eigenvalue weighted by Crippen LogP contribution is 2.26. The Bertz CT molecular complexity index is 1030. The zero-order chi connectivity index (χ0) is 18.1. The summed E-state index contributed by atoms with van der Waals surface area (Å²) in [5.41, 5.74) is 2.47. The molecule has 7 heteroatoms. The van der Waals surface area contributed by atoms with E-state index in [1.54, 1.807) is 13.8 Å². The molecule has 0 radical (unpaired) electrons. The lowest BCUT2D eigenvalue weighted by atomic mass is 10.2. The van der Waals surface area contributed by atoms with Gasteiger partial charge in [-0.3, -0.25) is 14.2 Å². The van der Waals surface area contributed by atoms with E-state index >= 15 is 0 Å². The standard InChI is InChI=1S/C18H17N3O2S2/c1-10-15(12(3)22)24-17(19-10)20-18-21(14-8-6-5-7-9-14)11(2)16(25-18)13(4)23/h5-9H,1-4H3/b20-18-. The molecule has 0 bridgehead atoms. The van der Waals surface area contributed by atoms with Gasteiger partial charge in [-0.2, -0.15) is 4.99 Å². The fraction of sp³-hybridized carbons (Fsp3) is 0.222. The summed E-state index contributed by atoms with van der Waals surface area (Å²) in [6, 6.07) is 9.77. The van der Waals surface area contributed by atoms with Crippen molar-refractivity contribution in [3.63, 3.8) is 0 Å². The van der Waals surface area contributed by atoms with Crippen molar-refractivity contribution in [2.75, 3.05) is 0 Å². The van der Waals surface area contributed by atoms with Crippen LogP contribution in [0.2, 0.25) is 0 Å². The Morgan fingerprint density at radius 2 is 1.64 bits per heavy atom. The minimum atomic E-state index is -0.0147. The van der Waals surface area contributed by atoms with Gasteiger partial charge in [0.15, 0.2) is 16.4 Å². The molecular weight excluding hydrogens is 354 g/mol. The molecule has 25 heavy (non-hydrogen) atoms. The molecule has 0 spiro atoms. The average molecular weight is 371 g/mol. The molecule has 2 aromatic heterocycles. The zero-order valence-corrected chi connectivity index (χ0v) is 16.0. The molecule has 128 valence electrons. The second kappa shape index (κ2) is 6.85. The lowest BCUT2D eigenvalue weighted by molar-refractivity contribution is 0.101. The van der Waals surface area contributed by atoms with Crippen LogP contribution in [0.1, 0.15) is 44.6 Å². The number of aryl methyl sites for hydroxylation is 1. The molecule has 0 aliphatic heterocycles. The summed E-state index contributed by atoms with van der Waals surface area (Å²) in [5, 5.41) is 0.517. The molecule has 0 amide bonds. The van der Waals surface area contributed by atoms with Crippen LogP contribution in [0.5, 0.6) is 0 Å². The van der Waals surface area contributed by atoms with Gasteiger partial charge in [0, 0.05) is 25.2 Å². The molecular formula is C18H17N3O2S2. The SMILES string of the molecule is CC(=O)c1sc(/N=c2\sc(C(C)=O)c(C)n2-c2ccccc2)nc1C. The van der Waals surface area contributed by atoms with Gasteiger partial charge in [-0.1, -0.05) is 40.9 Å². The number of aromatic nitrogens is 2. The lowest BCUT2D eigenvalue weighted by Crippen LogP contribution is -2.13. The van der Waals surface area contributed by atoms with Crippen LogP contribution in [0, 0.1) is 13.8 Å². The summed E-state index contributed by atoms with van der Waals surface area (Å²) in [5.74, 6) is -0.00690. The van der Waals surface area contributed by atoms with Crippen molar-refractivity contribution < 1.29 is 9.59 Å². The van der Waals surface area contributed by atoms with Crippen LogP contribution in [-0.2, 0) is 0 Å². The third-order valence-electron chi connectivity index (χ3n) is 3.68. The quantitative estimate of drug-likeness (QED) is 0.644. The summed E-state index contributed by atoms with van der Waals surface area (Å²) in [6.07, 6.45) is 0. The van der Waals surface area contributed by atoms with Crippen molar-refractivity contribution in [3.05, 3.63) is 56.3 Å². The van der Waals surface area contributed by atoms with Gasteiger partial charge in [-0.15, -0.1) is 0 Å². The maximum Gasteiger partial charge on any atom is 0.212 e. The van der Waals surface area contributed by atoms with E-state index in [0.717, 1.165) is 11.4 Å². The Morgan fingerprint density at radius 1 is 1.00 bits per heavy atom. The van der Waals surface area contributed by atoms with Crippen molar-refractivity contribution in [2.24, 2.45) is 4.99 Å². The average Bonchev–Trinajstić information content (AvgIpc) is 3.09. The van der Waals surface area contributed by atoms with Crippen LogP contribution in [0.3, 0.4) is 0 Å². The second-order valence-electron chi connectivity index (χ2n) is 5.61. The van der Waals surface area contributed by atoms with Gasteiger partial charge >= 0.3 is 0 Å². The molecule has 2 heterocycles. The molecule has 0 atom stereocenters. The van der Waals surface area contributed by atoms with E-state index in [1.165, 1.54) is 29.6 Å².